The number of fused-ring (bicyclic) bond motifs is 1. The van der Waals surface area contributed by atoms with E-state index in [1.54, 1.807) is 23.7 Å². The SMILES string of the molecule is CC1=C(c2ccccc2)NC(NC(=O)c2ccc(SN3CCCc4ccccc43)cc2)S1. The van der Waals surface area contributed by atoms with Crippen LogP contribution in [0.4, 0.5) is 5.69 Å². The molecule has 2 N–H and O–H groups in total. The third-order valence-corrected chi connectivity index (χ3v) is 7.76. The fourth-order valence-electron chi connectivity index (χ4n) is 4.05. The first-order chi connectivity index (χ1) is 15.7. The first kappa shape index (κ1) is 21.0. The van der Waals surface area contributed by atoms with Crippen molar-refractivity contribution in [1.82, 2.24) is 10.6 Å². The van der Waals surface area contributed by atoms with Gasteiger partial charge in [0.1, 0.15) is 0 Å². The molecule has 0 aliphatic carbocycles. The van der Waals surface area contributed by atoms with Crippen LogP contribution in [0, 0.1) is 0 Å². The van der Waals surface area contributed by atoms with Gasteiger partial charge in [0.15, 0.2) is 5.50 Å². The lowest BCUT2D eigenvalue weighted by Gasteiger charge is -2.29. The number of hydrogen-bond acceptors (Lipinski definition) is 5. The van der Waals surface area contributed by atoms with Gasteiger partial charge < -0.3 is 14.9 Å². The number of carbonyl (C=O) groups excluding carboxylic acids is 1. The van der Waals surface area contributed by atoms with E-state index in [1.165, 1.54) is 16.2 Å². The molecule has 2 aliphatic rings. The molecule has 32 heavy (non-hydrogen) atoms. The van der Waals surface area contributed by atoms with Gasteiger partial charge >= 0.3 is 0 Å². The Labute approximate surface area is 197 Å². The number of benzene rings is 3. The van der Waals surface area contributed by atoms with Crippen LogP contribution in [0.5, 0.6) is 0 Å². The molecule has 162 valence electrons. The molecule has 2 aliphatic heterocycles. The van der Waals surface area contributed by atoms with Crippen molar-refractivity contribution in [3.8, 4) is 0 Å². The van der Waals surface area contributed by atoms with E-state index in [4.69, 9.17) is 0 Å². The van der Waals surface area contributed by atoms with Gasteiger partial charge in [-0.1, -0.05) is 60.3 Å². The summed E-state index contributed by atoms with van der Waals surface area (Å²) in [7, 11) is 0. The fourth-order valence-corrected chi connectivity index (χ4v) is 6.05. The molecular weight excluding hydrogens is 434 g/mol. The second kappa shape index (κ2) is 9.35. The van der Waals surface area contributed by atoms with E-state index in [2.05, 4.69) is 58.3 Å². The van der Waals surface area contributed by atoms with E-state index < -0.39 is 0 Å². The van der Waals surface area contributed by atoms with E-state index in [0.29, 0.717) is 5.56 Å². The molecule has 0 aromatic heterocycles. The maximum Gasteiger partial charge on any atom is 0.253 e. The number of thioether (sulfide) groups is 1. The van der Waals surface area contributed by atoms with Gasteiger partial charge in [0, 0.05) is 21.9 Å². The van der Waals surface area contributed by atoms with Crippen molar-refractivity contribution in [2.24, 2.45) is 0 Å². The highest BCUT2D eigenvalue weighted by Gasteiger charge is 2.24. The number of aryl methyl sites for hydroxylation is 1. The highest BCUT2D eigenvalue weighted by Crippen LogP contribution is 2.36. The summed E-state index contributed by atoms with van der Waals surface area (Å²) in [6.07, 6.45) is 2.30. The molecule has 1 atom stereocenters. The minimum atomic E-state index is -0.170. The lowest BCUT2D eigenvalue weighted by atomic mass is 10.0. The van der Waals surface area contributed by atoms with Gasteiger partial charge in [0.2, 0.25) is 0 Å². The molecule has 3 aromatic carbocycles. The number of anilines is 1. The number of nitrogens with one attached hydrogen (secondary N) is 2. The first-order valence-electron chi connectivity index (χ1n) is 10.8. The van der Waals surface area contributed by atoms with Crippen LogP contribution >= 0.6 is 23.7 Å². The highest BCUT2D eigenvalue weighted by atomic mass is 32.2. The van der Waals surface area contributed by atoms with Gasteiger partial charge in [-0.2, -0.15) is 0 Å². The zero-order valence-corrected chi connectivity index (χ0v) is 19.5. The third kappa shape index (κ3) is 4.52. The van der Waals surface area contributed by atoms with Gasteiger partial charge in [-0.15, -0.1) is 0 Å². The topological polar surface area (TPSA) is 44.4 Å². The minimum Gasteiger partial charge on any atom is -0.355 e. The lowest BCUT2D eigenvalue weighted by Crippen LogP contribution is -2.39. The summed E-state index contributed by atoms with van der Waals surface area (Å²) in [4.78, 5) is 15.1. The van der Waals surface area contributed by atoms with Crippen molar-refractivity contribution < 1.29 is 4.79 Å². The zero-order valence-electron chi connectivity index (χ0n) is 17.9. The molecule has 2 heterocycles. The Balaban J connectivity index is 1.20. The quantitative estimate of drug-likeness (QED) is 0.466. The Morgan fingerprint density at radius 1 is 1.03 bits per heavy atom. The molecule has 0 fully saturated rings. The Kier molecular flexibility index (Phi) is 6.14. The molecule has 1 amide bonds. The predicted molar refractivity (Wildman–Crippen MR) is 135 cm³/mol. The monoisotopic (exact) mass is 459 g/mol. The maximum absolute atomic E-state index is 12.8. The Morgan fingerprint density at radius 3 is 2.59 bits per heavy atom. The summed E-state index contributed by atoms with van der Waals surface area (Å²) in [5.74, 6) is -0.0722. The van der Waals surface area contributed by atoms with Crippen LogP contribution in [0.2, 0.25) is 0 Å². The number of para-hydroxylation sites is 1. The van der Waals surface area contributed by atoms with Gasteiger partial charge in [-0.25, -0.2) is 0 Å². The van der Waals surface area contributed by atoms with Crippen molar-refractivity contribution in [1.29, 1.82) is 0 Å². The van der Waals surface area contributed by atoms with Crippen LogP contribution in [0.1, 0.15) is 34.8 Å². The average molecular weight is 460 g/mol. The Morgan fingerprint density at radius 2 is 1.78 bits per heavy atom. The number of rotatable bonds is 5. The van der Waals surface area contributed by atoms with Crippen molar-refractivity contribution in [2.75, 3.05) is 10.8 Å². The molecule has 5 rings (SSSR count). The molecule has 0 radical (unpaired) electrons. The molecule has 0 bridgehead atoms. The molecular formula is C26H25N3OS2. The number of amides is 1. The van der Waals surface area contributed by atoms with E-state index in [9.17, 15) is 4.79 Å². The third-order valence-electron chi connectivity index (χ3n) is 5.65. The van der Waals surface area contributed by atoms with Gasteiger partial charge in [-0.3, -0.25) is 4.79 Å². The Hall–Kier alpha value is -2.83. The van der Waals surface area contributed by atoms with Crippen LogP contribution in [0.25, 0.3) is 5.70 Å². The predicted octanol–water partition coefficient (Wildman–Crippen LogP) is 5.89. The highest BCUT2D eigenvalue weighted by molar-refractivity contribution is 8.04. The van der Waals surface area contributed by atoms with E-state index in [-0.39, 0.29) is 11.4 Å². The number of nitrogens with zero attached hydrogens (tertiary/aromatic N) is 1. The van der Waals surface area contributed by atoms with E-state index >= 15 is 0 Å². The lowest BCUT2D eigenvalue weighted by molar-refractivity contribution is 0.0948. The standard InChI is InChI=1S/C26H25N3OS2/c1-18-24(20-9-3-2-4-10-20)27-26(31-18)28-25(30)21-13-15-22(16-14-21)32-29-17-7-11-19-8-5-6-12-23(19)29/h2-6,8-10,12-16,26-27H,7,11,17H2,1H3,(H,28,30). The smallest absolute Gasteiger partial charge is 0.253 e. The average Bonchev–Trinajstić information content (AvgIpc) is 3.20. The summed E-state index contributed by atoms with van der Waals surface area (Å²) in [6.45, 7) is 3.11. The molecule has 3 aromatic rings. The molecule has 6 heteroatoms. The Bertz CT molecular complexity index is 1150. The van der Waals surface area contributed by atoms with Crippen molar-refractivity contribution in [3.05, 3.63) is 100 Å². The second-order valence-electron chi connectivity index (χ2n) is 7.86. The summed E-state index contributed by atoms with van der Waals surface area (Å²) in [5, 5.41) is 6.53. The first-order valence-corrected chi connectivity index (χ1v) is 12.5. The van der Waals surface area contributed by atoms with E-state index in [0.717, 1.165) is 35.5 Å². The van der Waals surface area contributed by atoms with Crippen molar-refractivity contribution >= 4 is 41.0 Å². The maximum atomic E-state index is 12.8. The summed E-state index contributed by atoms with van der Waals surface area (Å²) in [5.41, 5.74) is 5.41. The molecule has 1 unspecified atom stereocenters. The fraction of sp³-hybridized carbons (Fsp3) is 0.192. The van der Waals surface area contributed by atoms with Crippen LogP contribution in [0.15, 0.2) is 88.7 Å². The van der Waals surface area contributed by atoms with Crippen LogP contribution in [0.3, 0.4) is 0 Å². The molecule has 0 spiro atoms. The molecule has 0 saturated carbocycles. The van der Waals surface area contributed by atoms with E-state index in [1.807, 2.05) is 42.5 Å². The van der Waals surface area contributed by atoms with Gasteiger partial charge in [0.25, 0.3) is 5.91 Å². The number of allylic oxidation sites excluding steroid dienone is 1. The van der Waals surface area contributed by atoms with Crippen LogP contribution in [-0.4, -0.2) is 17.9 Å². The van der Waals surface area contributed by atoms with Gasteiger partial charge in [0.05, 0.1) is 11.4 Å². The number of hydrogen-bond donors (Lipinski definition) is 2. The normalized spacial score (nSPS) is 17.7. The molecule has 4 nitrogen and oxygen atoms in total. The van der Waals surface area contributed by atoms with Gasteiger partial charge in [-0.05, 0) is 73.2 Å². The zero-order chi connectivity index (χ0) is 21.9. The van der Waals surface area contributed by atoms with Crippen molar-refractivity contribution in [3.63, 3.8) is 0 Å². The number of carbonyl (C=O) groups is 1. The summed E-state index contributed by atoms with van der Waals surface area (Å²) >= 11 is 3.37. The summed E-state index contributed by atoms with van der Waals surface area (Å²) in [6, 6.07) is 26.7. The molecule has 0 saturated heterocycles. The van der Waals surface area contributed by atoms with Crippen LogP contribution < -0.4 is 14.9 Å². The van der Waals surface area contributed by atoms with Crippen LogP contribution in [-0.2, 0) is 6.42 Å². The largest absolute Gasteiger partial charge is 0.355 e. The summed E-state index contributed by atoms with van der Waals surface area (Å²) < 4.78 is 2.35. The minimum absolute atomic E-state index is 0.0722. The van der Waals surface area contributed by atoms with Crippen molar-refractivity contribution in [2.45, 2.75) is 30.2 Å². The second-order valence-corrected chi connectivity index (χ2v) is 10.3.